The van der Waals surface area contributed by atoms with E-state index in [4.69, 9.17) is 14.2 Å². The smallest absolute Gasteiger partial charge is 0.0991 e. The van der Waals surface area contributed by atoms with Gasteiger partial charge in [-0.3, -0.25) is 0 Å². The molecule has 0 amide bonds. The van der Waals surface area contributed by atoms with Crippen molar-refractivity contribution in [1.29, 1.82) is 0 Å². The molecular formula is C13H25NO3. The van der Waals surface area contributed by atoms with Crippen LogP contribution in [0.3, 0.4) is 0 Å². The van der Waals surface area contributed by atoms with Gasteiger partial charge in [-0.25, -0.2) is 0 Å². The SMILES string of the molecule is CCNC1CC(OC2CCC2)C1OCCOC. The maximum atomic E-state index is 6.04. The van der Waals surface area contributed by atoms with E-state index in [1.54, 1.807) is 7.11 Å². The zero-order chi connectivity index (χ0) is 12.1. The van der Waals surface area contributed by atoms with Crippen molar-refractivity contribution < 1.29 is 14.2 Å². The Hall–Kier alpha value is -0.160. The van der Waals surface area contributed by atoms with Crippen LogP contribution in [-0.2, 0) is 14.2 Å². The molecule has 2 saturated carbocycles. The van der Waals surface area contributed by atoms with Crippen LogP contribution in [0.5, 0.6) is 0 Å². The Labute approximate surface area is 104 Å². The molecular weight excluding hydrogens is 218 g/mol. The van der Waals surface area contributed by atoms with Gasteiger partial charge in [0.05, 0.1) is 31.5 Å². The molecule has 4 heteroatoms. The van der Waals surface area contributed by atoms with E-state index in [1.807, 2.05) is 0 Å². The van der Waals surface area contributed by atoms with Crippen LogP contribution in [0, 0.1) is 0 Å². The molecule has 2 aliphatic carbocycles. The van der Waals surface area contributed by atoms with Crippen LogP contribution >= 0.6 is 0 Å². The van der Waals surface area contributed by atoms with Gasteiger partial charge in [-0.1, -0.05) is 6.92 Å². The lowest BCUT2D eigenvalue weighted by atomic mass is 9.84. The molecule has 0 aromatic rings. The average molecular weight is 243 g/mol. The summed E-state index contributed by atoms with van der Waals surface area (Å²) in [6, 6.07) is 0.460. The third kappa shape index (κ3) is 3.41. The summed E-state index contributed by atoms with van der Waals surface area (Å²) in [7, 11) is 1.70. The Bertz CT molecular complexity index is 221. The van der Waals surface area contributed by atoms with Gasteiger partial charge in [0.2, 0.25) is 0 Å². The lowest BCUT2D eigenvalue weighted by Crippen LogP contribution is -2.61. The van der Waals surface area contributed by atoms with Crippen molar-refractivity contribution in [2.45, 2.75) is 57.0 Å². The molecule has 0 heterocycles. The van der Waals surface area contributed by atoms with Crippen LogP contribution in [-0.4, -0.2) is 51.2 Å². The summed E-state index contributed by atoms with van der Waals surface area (Å²) in [6.45, 7) is 4.44. The van der Waals surface area contributed by atoms with Crippen LogP contribution < -0.4 is 5.32 Å². The molecule has 4 nitrogen and oxygen atoms in total. The molecule has 3 atom stereocenters. The van der Waals surface area contributed by atoms with Crippen molar-refractivity contribution in [3.63, 3.8) is 0 Å². The van der Waals surface area contributed by atoms with Gasteiger partial charge in [0.1, 0.15) is 0 Å². The maximum absolute atomic E-state index is 6.04. The minimum absolute atomic E-state index is 0.214. The fourth-order valence-corrected chi connectivity index (χ4v) is 2.42. The summed E-state index contributed by atoms with van der Waals surface area (Å²) in [4.78, 5) is 0. The Kier molecular flexibility index (Phi) is 5.22. The highest BCUT2D eigenvalue weighted by Gasteiger charge is 2.44. The molecule has 0 saturated heterocycles. The molecule has 100 valence electrons. The lowest BCUT2D eigenvalue weighted by molar-refractivity contribution is -0.183. The third-order valence-electron chi connectivity index (χ3n) is 3.73. The van der Waals surface area contributed by atoms with E-state index in [2.05, 4.69) is 12.2 Å². The zero-order valence-corrected chi connectivity index (χ0v) is 11.0. The van der Waals surface area contributed by atoms with E-state index in [9.17, 15) is 0 Å². The van der Waals surface area contributed by atoms with Gasteiger partial charge in [0, 0.05) is 13.2 Å². The van der Waals surface area contributed by atoms with Gasteiger partial charge >= 0.3 is 0 Å². The number of nitrogens with one attached hydrogen (secondary N) is 1. The fourth-order valence-electron chi connectivity index (χ4n) is 2.42. The summed E-state index contributed by atoms with van der Waals surface area (Å²) in [5.74, 6) is 0. The predicted molar refractivity (Wildman–Crippen MR) is 66.2 cm³/mol. The molecule has 1 N–H and O–H groups in total. The number of hydrogen-bond donors (Lipinski definition) is 1. The molecule has 0 aliphatic heterocycles. The molecule has 2 rings (SSSR count). The van der Waals surface area contributed by atoms with Crippen molar-refractivity contribution >= 4 is 0 Å². The van der Waals surface area contributed by atoms with Gasteiger partial charge in [0.15, 0.2) is 0 Å². The van der Waals surface area contributed by atoms with Crippen LogP contribution in [0.15, 0.2) is 0 Å². The van der Waals surface area contributed by atoms with E-state index in [1.165, 1.54) is 19.3 Å². The normalized spacial score (nSPS) is 33.2. The number of rotatable bonds is 8. The second-order valence-electron chi connectivity index (χ2n) is 4.96. The van der Waals surface area contributed by atoms with E-state index in [0.717, 1.165) is 13.0 Å². The van der Waals surface area contributed by atoms with Crippen LogP contribution in [0.4, 0.5) is 0 Å². The summed E-state index contributed by atoms with van der Waals surface area (Å²) >= 11 is 0. The molecule has 3 unspecified atom stereocenters. The van der Waals surface area contributed by atoms with Crippen LogP contribution in [0.1, 0.15) is 32.6 Å². The van der Waals surface area contributed by atoms with E-state index < -0.39 is 0 Å². The topological polar surface area (TPSA) is 39.7 Å². The number of likely N-dealkylation sites (N-methyl/N-ethyl adjacent to an activating group) is 1. The first-order valence-electron chi connectivity index (χ1n) is 6.84. The van der Waals surface area contributed by atoms with Gasteiger partial charge in [-0.15, -0.1) is 0 Å². The van der Waals surface area contributed by atoms with Gasteiger partial charge < -0.3 is 19.5 Å². The molecule has 0 aromatic carbocycles. The van der Waals surface area contributed by atoms with E-state index in [-0.39, 0.29) is 6.10 Å². The second kappa shape index (κ2) is 6.69. The van der Waals surface area contributed by atoms with Gasteiger partial charge in [-0.2, -0.15) is 0 Å². The molecule has 0 aromatic heterocycles. The molecule has 17 heavy (non-hydrogen) atoms. The number of ether oxygens (including phenoxy) is 3. The van der Waals surface area contributed by atoms with Crippen molar-refractivity contribution in [3.05, 3.63) is 0 Å². The second-order valence-corrected chi connectivity index (χ2v) is 4.96. The highest BCUT2D eigenvalue weighted by Crippen LogP contribution is 2.33. The standard InChI is InChI=1S/C13H25NO3/c1-3-14-11-9-12(17-10-5-4-6-10)13(11)16-8-7-15-2/h10-14H,3-9H2,1-2H3. The highest BCUT2D eigenvalue weighted by molar-refractivity contribution is 4.98. The molecule has 0 bridgehead atoms. The minimum Gasteiger partial charge on any atom is -0.382 e. The minimum atomic E-state index is 0.214. The van der Waals surface area contributed by atoms with Crippen LogP contribution in [0.2, 0.25) is 0 Å². The molecule has 2 aliphatic rings. The molecule has 2 fully saturated rings. The first-order chi connectivity index (χ1) is 8.35. The van der Waals surface area contributed by atoms with Crippen molar-refractivity contribution in [2.75, 3.05) is 26.9 Å². The van der Waals surface area contributed by atoms with E-state index >= 15 is 0 Å². The van der Waals surface area contributed by atoms with Crippen molar-refractivity contribution in [3.8, 4) is 0 Å². The summed E-state index contributed by atoms with van der Waals surface area (Å²) in [6.07, 6.45) is 5.87. The fraction of sp³-hybridized carbons (Fsp3) is 1.00. The Morgan fingerprint density at radius 2 is 2.06 bits per heavy atom. The maximum Gasteiger partial charge on any atom is 0.0991 e. The lowest BCUT2D eigenvalue weighted by Gasteiger charge is -2.46. The first kappa shape index (κ1) is 13.3. The monoisotopic (exact) mass is 243 g/mol. The highest BCUT2D eigenvalue weighted by atomic mass is 16.6. The van der Waals surface area contributed by atoms with Crippen LogP contribution in [0.25, 0.3) is 0 Å². The number of methoxy groups -OCH3 is 1. The number of hydrogen-bond acceptors (Lipinski definition) is 4. The van der Waals surface area contributed by atoms with Gasteiger partial charge in [-0.05, 0) is 32.2 Å². The molecule has 0 spiro atoms. The molecule has 0 radical (unpaired) electrons. The van der Waals surface area contributed by atoms with Crippen molar-refractivity contribution in [1.82, 2.24) is 5.32 Å². The third-order valence-corrected chi connectivity index (χ3v) is 3.73. The summed E-state index contributed by atoms with van der Waals surface area (Å²) in [5, 5.41) is 3.45. The van der Waals surface area contributed by atoms with E-state index in [0.29, 0.717) is 31.5 Å². The quantitative estimate of drug-likeness (QED) is 0.653. The average Bonchev–Trinajstić information content (AvgIpc) is 2.26. The van der Waals surface area contributed by atoms with Crippen molar-refractivity contribution in [2.24, 2.45) is 0 Å². The summed E-state index contributed by atoms with van der Waals surface area (Å²) < 4.78 is 16.9. The Morgan fingerprint density at radius 1 is 1.24 bits per heavy atom. The van der Waals surface area contributed by atoms with Gasteiger partial charge in [0.25, 0.3) is 0 Å². The Morgan fingerprint density at radius 3 is 2.65 bits per heavy atom. The first-order valence-corrected chi connectivity index (χ1v) is 6.84. The Balaban J connectivity index is 1.71. The summed E-state index contributed by atoms with van der Waals surface area (Å²) in [5.41, 5.74) is 0. The zero-order valence-electron chi connectivity index (χ0n) is 11.0. The predicted octanol–water partition coefficient (Wildman–Crippen LogP) is 1.34. The largest absolute Gasteiger partial charge is 0.382 e.